The first kappa shape index (κ1) is 18.8. The van der Waals surface area contributed by atoms with Crippen molar-refractivity contribution in [3.8, 4) is 22.3 Å². The van der Waals surface area contributed by atoms with Crippen LogP contribution in [0.4, 0.5) is 39.5 Å². The topological polar surface area (TPSA) is 0 Å². The van der Waals surface area contributed by atoms with Crippen molar-refractivity contribution in [2.75, 3.05) is 0 Å². The third kappa shape index (κ3) is 2.83. The molecule has 140 valence electrons. The summed E-state index contributed by atoms with van der Waals surface area (Å²) >= 11 is 0. The van der Waals surface area contributed by atoms with E-state index in [9.17, 15) is 39.5 Å². The van der Waals surface area contributed by atoms with Gasteiger partial charge in [-0.25, -0.2) is 39.5 Å². The minimum Gasteiger partial charge on any atom is -0.206 e. The van der Waals surface area contributed by atoms with Gasteiger partial charge in [0.15, 0.2) is 40.7 Å². The highest BCUT2D eigenvalue weighted by Gasteiger charge is 2.29. The van der Waals surface area contributed by atoms with E-state index in [-0.39, 0.29) is 6.07 Å². The first-order valence-corrected chi connectivity index (χ1v) is 7.11. The van der Waals surface area contributed by atoms with E-state index < -0.39 is 74.6 Å². The highest BCUT2D eigenvalue weighted by atomic mass is 19.2. The summed E-state index contributed by atoms with van der Waals surface area (Å²) in [5.74, 6) is -19.1. The second-order valence-electron chi connectivity index (χ2n) is 5.33. The van der Waals surface area contributed by atoms with Gasteiger partial charge in [0.25, 0.3) is 0 Å². The predicted octanol–water partition coefficient (Wildman–Crippen LogP) is 6.27. The van der Waals surface area contributed by atoms with Crippen molar-refractivity contribution in [2.24, 2.45) is 0 Å². The van der Waals surface area contributed by atoms with Crippen LogP contribution < -0.4 is 0 Å². The average molecular weight is 392 g/mol. The molecule has 0 saturated heterocycles. The molecule has 0 N–H and O–H groups in total. The fourth-order valence-electron chi connectivity index (χ4n) is 2.57. The molecule has 27 heavy (non-hydrogen) atoms. The molecule has 9 heteroatoms. The highest BCUT2D eigenvalue weighted by Crippen LogP contribution is 2.40. The van der Waals surface area contributed by atoms with Crippen molar-refractivity contribution >= 4 is 0 Å². The Kier molecular flexibility index (Phi) is 4.63. The van der Waals surface area contributed by atoms with E-state index in [1.807, 2.05) is 0 Å². The fraction of sp³-hybridized carbons (Fsp3) is 0. The molecule has 0 aromatic heterocycles. The first-order chi connectivity index (χ1) is 12.7. The molecule has 0 unspecified atom stereocenters. The molecule has 0 radical (unpaired) electrons. The second-order valence-corrected chi connectivity index (χ2v) is 5.33. The van der Waals surface area contributed by atoms with Gasteiger partial charge in [0.05, 0.1) is 11.1 Å². The number of rotatable bonds is 2. The third-order valence-corrected chi connectivity index (χ3v) is 3.79. The minimum atomic E-state index is -2.42. The van der Waals surface area contributed by atoms with Gasteiger partial charge in [-0.3, -0.25) is 0 Å². The number of hydrogen-bond donors (Lipinski definition) is 0. The Hall–Kier alpha value is -2.97. The molecule has 0 amide bonds. The van der Waals surface area contributed by atoms with Crippen LogP contribution in [0.1, 0.15) is 0 Å². The van der Waals surface area contributed by atoms with E-state index in [2.05, 4.69) is 0 Å². The summed E-state index contributed by atoms with van der Waals surface area (Å²) < 4.78 is 123. The Morgan fingerprint density at radius 2 is 0.815 bits per heavy atom. The number of halogens is 9. The maximum atomic E-state index is 14.1. The zero-order chi connectivity index (χ0) is 20.0. The summed E-state index contributed by atoms with van der Waals surface area (Å²) in [4.78, 5) is 0. The van der Waals surface area contributed by atoms with Gasteiger partial charge in [0.1, 0.15) is 5.82 Å². The molecule has 0 nitrogen and oxygen atoms in total. The Morgan fingerprint density at radius 1 is 0.407 bits per heavy atom. The van der Waals surface area contributed by atoms with Gasteiger partial charge in [-0.1, -0.05) is 24.3 Å². The van der Waals surface area contributed by atoms with Crippen molar-refractivity contribution in [2.45, 2.75) is 0 Å². The van der Waals surface area contributed by atoms with Crippen LogP contribution in [0, 0.1) is 52.4 Å². The van der Waals surface area contributed by atoms with E-state index in [0.717, 1.165) is 24.3 Å². The smallest absolute Gasteiger partial charge is 0.200 e. The van der Waals surface area contributed by atoms with Crippen LogP contribution in [0.3, 0.4) is 0 Å². The molecule has 0 heterocycles. The minimum absolute atomic E-state index is 0.0108. The van der Waals surface area contributed by atoms with Gasteiger partial charge in [0.2, 0.25) is 5.82 Å². The molecule has 0 saturated carbocycles. The molecule has 0 bridgehead atoms. The Balaban J connectivity index is 2.42. The third-order valence-electron chi connectivity index (χ3n) is 3.79. The van der Waals surface area contributed by atoms with Crippen LogP contribution in [0.5, 0.6) is 0 Å². The monoisotopic (exact) mass is 392 g/mol. The lowest BCUT2D eigenvalue weighted by Crippen LogP contribution is -2.06. The van der Waals surface area contributed by atoms with Crippen molar-refractivity contribution in [1.82, 2.24) is 0 Å². The summed E-state index contributed by atoms with van der Waals surface area (Å²) in [5, 5.41) is 0. The average Bonchev–Trinajstić information content (AvgIpc) is 2.64. The van der Waals surface area contributed by atoms with Crippen LogP contribution in [-0.2, 0) is 0 Å². The number of hydrogen-bond acceptors (Lipinski definition) is 0. The summed E-state index contributed by atoms with van der Waals surface area (Å²) in [6, 6.07) is 3.86. The quantitative estimate of drug-likeness (QED) is 0.274. The van der Waals surface area contributed by atoms with E-state index in [4.69, 9.17) is 0 Å². The van der Waals surface area contributed by atoms with Crippen molar-refractivity contribution in [1.29, 1.82) is 0 Å². The lowest BCUT2D eigenvalue weighted by Gasteiger charge is -2.14. The van der Waals surface area contributed by atoms with Crippen molar-refractivity contribution < 1.29 is 39.5 Å². The predicted molar refractivity (Wildman–Crippen MR) is 76.9 cm³/mol. The molecule has 3 aromatic carbocycles. The maximum Gasteiger partial charge on any atom is 0.200 e. The molecule has 0 spiro atoms. The van der Waals surface area contributed by atoms with E-state index in [0.29, 0.717) is 0 Å². The standard InChI is InChI=1S/C18H5F9/c19-8-5-9(20)12(21)13(22)10(8)6-3-1-2-4-7(6)11-14(23)16(25)18(27)17(26)15(11)24/h1-5H. The molecule has 0 aliphatic heterocycles. The highest BCUT2D eigenvalue weighted by molar-refractivity contribution is 5.84. The Bertz CT molecular complexity index is 1040. The molecular formula is C18H5F9. The molecule has 0 aliphatic carbocycles. The van der Waals surface area contributed by atoms with E-state index in [1.54, 1.807) is 0 Å². The van der Waals surface area contributed by atoms with Gasteiger partial charge in [-0.15, -0.1) is 0 Å². The van der Waals surface area contributed by atoms with E-state index in [1.165, 1.54) is 0 Å². The Labute approximate surface area is 145 Å². The van der Waals surface area contributed by atoms with Gasteiger partial charge in [-0.05, 0) is 11.1 Å². The molecular weight excluding hydrogens is 387 g/mol. The summed E-state index contributed by atoms with van der Waals surface area (Å²) in [5.41, 5.74) is -4.25. The van der Waals surface area contributed by atoms with Crippen LogP contribution in [0.15, 0.2) is 30.3 Å². The second kappa shape index (κ2) is 6.64. The molecule has 3 rings (SSSR count). The molecule has 0 fully saturated rings. The van der Waals surface area contributed by atoms with Crippen molar-refractivity contribution in [3.63, 3.8) is 0 Å². The largest absolute Gasteiger partial charge is 0.206 e. The van der Waals surface area contributed by atoms with Crippen LogP contribution >= 0.6 is 0 Å². The van der Waals surface area contributed by atoms with E-state index >= 15 is 0 Å². The van der Waals surface area contributed by atoms with Crippen molar-refractivity contribution in [3.05, 3.63) is 82.7 Å². The SMILES string of the molecule is Fc1cc(F)c(-c2ccccc2-c2c(F)c(F)c(F)c(F)c2F)c(F)c1F. The van der Waals surface area contributed by atoms with Crippen LogP contribution in [0.2, 0.25) is 0 Å². The van der Waals surface area contributed by atoms with Gasteiger partial charge in [0, 0.05) is 6.07 Å². The van der Waals surface area contributed by atoms with Crippen LogP contribution in [-0.4, -0.2) is 0 Å². The Morgan fingerprint density at radius 3 is 1.33 bits per heavy atom. The first-order valence-electron chi connectivity index (χ1n) is 7.11. The van der Waals surface area contributed by atoms with Crippen LogP contribution in [0.25, 0.3) is 22.3 Å². The number of benzene rings is 3. The van der Waals surface area contributed by atoms with Gasteiger partial charge < -0.3 is 0 Å². The molecule has 3 aromatic rings. The lowest BCUT2D eigenvalue weighted by atomic mass is 9.92. The normalized spacial score (nSPS) is 11.1. The van der Waals surface area contributed by atoms with Gasteiger partial charge in [-0.2, -0.15) is 0 Å². The zero-order valence-corrected chi connectivity index (χ0v) is 12.8. The fourth-order valence-corrected chi connectivity index (χ4v) is 2.57. The maximum absolute atomic E-state index is 14.1. The zero-order valence-electron chi connectivity index (χ0n) is 12.8. The summed E-state index contributed by atoms with van der Waals surface area (Å²) in [6.07, 6.45) is 0. The molecule has 0 aliphatic rings. The lowest BCUT2D eigenvalue weighted by molar-refractivity contribution is 0.381. The summed E-state index contributed by atoms with van der Waals surface area (Å²) in [7, 11) is 0. The van der Waals surface area contributed by atoms with Gasteiger partial charge >= 0.3 is 0 Å². The summed E-state index contributed by atoms with van der Waals surface area (Å²) in [6.45, 7) is 0. The molecule has 0 atom stereocenters.